The maximum atomic E-state index is 11.2. The number of rotatable bonds is 7. The Morgan fingerprint density at radius 2 is 1.63 bits per heavy atom. The van der Waals surface area contributed by atoms with Crippen molar-refractivity contribution in [3.63, 3.8) is 0 Å². The fraction of sp³-hybridized carbons (Fsp3) is 1.00. The molecule has 0 aromatic heterocycles. The van der Waals surface area contributed by atoms with Gasteiger partial charge in [0, 0.05) is 13.2 Å². The van der Waals surface area contributed by atoms with E-state index in [9.17, 15) is 10.2 Å². The molecule has 2 N–H and O–H groups in total. The molecule has 30 heavy (non-hydrogen) atoms. The Morgan fingerprint density at radius 1 is 0.900 bits per heavy atom. The molecule has 0 spiro atoms. The maximum Gasteiger partial charge on any atom is 0.0577 e. The van der Waals surface area contributed by atoms with Gasteiger partial charge in [0.1, 0.15) is 0 Å². The van der Waals surface area contributed by atoms with Gasteiger partial charge in [-0.15, -0.1) is 0 Å². The van der Waals surface area contributed by atoms with E-state index in [2.05, 4.69) is 27.7 Å². The van der Waals surface area contributed by atoms with Crippen LogP contribution in [0, 0.1) is 46.3 Å². The van der Waals surface area contributed by atoms with Gasteiger partial charge in [0.15, 0.2) is 0 Å². The molecule has 0 aromatic rings. The van der Waals surface area contributed by atoms with E-state index in [0.717, 1.165) is 69.0 Å². The summed E-state index contributed by atoms with van der Waals surface area (Å²) < 4.78 is 5.73. The second kappa shape index (κ2) is 9.02. The summed E-state index contributed by atoms with van der Waals surface area (Å²) in [4.78, 5) is 0. The summed E-state index contributed by atoms with van der Waals surface area (Å²) in [5.74, 6) is 4.17. The molecular weight excluding hydrogens is 372 g/mol. The van der Waals surface area contributed by atoms with Crippen LogP contribution in [0.5, 0.6) is 0 Å². The Hall–Kier alpha value is -0.120. The van der Waals surface area contributed by atoms with Crippen LogP contribution in [0.3, 0.4) is 0 Å². The van der Waals surface area contributed by atoms with Gasteiger partial charge in [0.05, 0.1) is 12.2 Å². The Labute approximate surface area is 185 Å². The molecule has 4 aliphatic carbocycles. The van der Waals surface area contributed by atoms with Crippen LogP contribution in [0.1, 0.15) is 98.3 Å². The number of ether oxygens (including phenoxy) is 1. The van der Waals surface area contributed by atoms with Crippen LogP contribution in [-0.2, 0) is 4.74 Å². The number of fused-ring (bicyclic) bond motifs is 5. The summed E-state index contributed by atoms with van der Waals surface area (Å²) in [7, 11) is 0. The molecule has 174 valence electrons. The Morgan fingerprint density at radius 3 is 2.40 bits per heavy atom. The minimum Gasteiger partial charge on any atom is -0.393 e. The quantitative estimate of drug-likeness (QED) is 0.510. The second-order valence-corrected chi connectivity index (χ2v) is 12.2. The fourth-order valence-electron chi connectivity index (χ4n) is 9.21. The van der Waals surface area contributed by atoms with Gasteiger partial charge >= 0.3 is 0 Å². The molecule has 0 aromatic carbocycles. The van der Waals surface area contributed by atoms with E-state index < -0.39 is 0 Å². The molecule has 0 heterocycles. The smallest absolute Gasteiger partial charge is 0.0577 e. The lowest BCUT2D eigenvalue weighted by Crippen LogP contribution is -2.58. The van der Waals surface area contributed by atoms with E-state index >= 15 is 0 Å². The van der Waals surface area contributed by atoms with Crippen molar-refractivity contribution in [2.45, 2.75) is 111 Å². The van der Waals surface area contributed by atoms with E-state index in [1.54, 1.807) is 0 Å². The van der Waals surface area contributed by atoms with E-state index in [1.807, 2.05) is 0 Å². The molecule has 5 unspecified atom stereocenters. The number of hydrogen-bond donors (Lipinski definition) is 2. The van der Waals surface area contributed by atoms with Crippen LogP contribution >= 0.6 is 0 Å². The molecule has 0 saturated heterocycles. The van der Waals surface area contributed by atoms with E-state index in [-0.39, 0.29) is 17.6 Å². The summed E-state index contributed by atoms with van der Waals surface area (Å²) in [5, 5.41) is 21.4. The normalized spacial score (nSPS) is 49.2. The van der Waals surface area contributed by atoms with Crippen molar-refractivity contribution in [3.05, 3.63) is 0 Å². The maximum absolute atomic E-state index is 11.2. The predicted molar refractivity (Wildman–Crippen MR) is 122 cm³/mol. The average molecular weight is 421 g/mol. The van der Waals surface area contributed by atoms with Gasteiger partial charge in [-0.1, -0.05) is 27.7 Å². The van der Waals surface area contributed by atoms with Crippen molar-refractivity contribution in [3.8, 4) is 0 Å². The lowest BCUT2D eigenvalue weighted by Gasteiger charge is -2.62. The standard InChI is InChI=1S/C27H48O3/c1-5-14-30-15-6-7-18(2)21-8-9-22-20-17-25(29)24-16-19(28)10-12-27(24,4)23(20)11-13-26(21,22)3/h18-25,28-29H,5-17H2,1-4H3/t18?,19-,20?,21?,22?,23?,24+,25+,26-,27-/m1/s1. The average Bonchev–Trinajstić information content (AvgIpc) is 3.07. The van der Waals surface area contributed by atoms with Crippen molar-refractivity contribution in [1.82, 2.24) is 0 Å². The topological polar surface area (TPSA) is 49.7 Å². The highest BCUT2D eigenvalue weighted by Crippen LogP contribution is 2.68. The molecule has 10 atom stereocenters. The predicted octanol–water partition coefficient (Wildman–Crippen LogP) is 5.82. The Bertz CT molecular complexity index is 578. The fourth-order valence-corrected chi connectivity index (χ4v) is 9.21. The zero-order valence-electron chi connectivity index (χ0n) is 20.1. The molecule has 3 heteroatoms. The monoisotopic (exact) mass is 420 g/mol. The first-order valence-electron chi connectivity index (χ1n) is 13.2. The molecule has 4 rings (SSSR count). The third-order valence-corrected chi connectivity index (χ3v) is 10.7. The van der Waals surface area contributed by atoms with E-state index in [1.165, 1.54) is 38.5 Å². The van der Waals surface area contributed by atoms with Crippen molar-refractivity contribution >= 4 is 0 Å². The van der Waals surface area contributed by atoms with Crippen molar-refractivity contribution in [1.29, 1.82) is 0 Å². The van der Waals surface area contributed by atoms with Crippen LogP contribution in [0.2, 0.25) is 0 Å². The summed E-state index contributed by atoms with van der Waals surface area (Å²) in [6.07, 6.45) is 12.5. The number of aliphatic hydroxyl groups is 2. The SMILES string of the molecule is CCCOCCCC(C)C1CCC2C3C[C@H](O)[C@@H]4C[C@H](O)CC[C@]4(C)C3CC[C@]12C. The minimum absolute atomic E-state index is 0.193. The zero-order chi connectivity index (χ0) is 21.5. The van der Waals surface area contributed by atoms with Gasteiger partial charge in [0.25, 0.3) is 0 Å². The molecule has 4 saturated carbocycles. The molecule has 4 fully saturated rings. The van der Waals surface area contributed by atoms with Crippen LogP contribution in [-0.4, -0.2) is 35.6 Å². The van der Waals surface area contributed by atoms with Crippen LogP contribution < -0.4 is 0 Å². The van der Waals surface area contributed by atoms with Gasteiger partial charge < -0.3 is 14.9 Å². The van der Waals surface area contributed by atoms with Gasteiger partial charge in [-0.3, -0.25) is 0 Å². The number of hydrogen-bond acceptors (Lipinski definition) is 3. The molecule has 0 amide bonds. The van der Waals surface area contributed by atoms with E-state index in [0.29, 0.717) is 17.3 Å². The molecule has 4 aliphatic rings. The van der Waals surface area contributed by atoms with Gasteiger partial charge in [0.2, 0.25) is 0 Å². The third kappa shape index (κ3) is 3.90. The van der Waals surface area contributed by atoms with Crippen LogP contribution in [0.25, 0.3) is 0 Å². The van der Waals surface area contributed by atoms with Crippen LogP contribution in [0.4, 0.5) is 0 Å². The van der Waals surface area contributed by atoms with Crippen molar-refractivity contribution in [2.75, 3.05) is 13.2 Å². The Balaban J connectivity index is 1.44. The van der Waals surface area contributed by atoms with Crippen LogP contribution in [0.15, 0.2) is 0 Å². The second-order valence-electron chi connectivity index (χ2n) is 12.2. The minimum atomic E-state index is -0.208. The molecule has 0 bridgehead atoms. The Kier molecular flexibility index (Phi) is 6.93. The molecule has 0 aliphatic heterocycles. The molecule has 3 nitrogen and oxygen atoms in total. The molecule has 0 radical (unpaired) electrons. The lowest BCUT2D eigenvalue weighted by atomic mass is 9.44. The summed E-state index contributed by atoms with van der Waals surface area (Å²) >= 11 is 0. The highest BCUT2D eigenvalue weighted by molar-refractivity contribution is 5.11. The summed E-state index contributed by atoms with van der Waals surface area (Å²) in [5.41, 5.74) is 0.700. The van der Waals surface area contributed by atoms with E-state index in [4.69, 9.17) is 4.74 Å². The van der Waals surface area contributed by atoms with Crippen molar-refractivity contribution in [2.24, 2.45) is 46.3 Å². The van der Waals surface area contributed by atoms with Gasteiger partial charge in [-0.25, -0.2) is 0 Å². The zero-order valence-corrected chi connectivity index (χ0v) is 20.1. The summed E-state index contributed by atoms with van der Waals surface area (Å²) in [6.45, 7) is 11.6. The highest BCUT2D eigenvalue weighted by atomic mass is 16.5. The summed E-state index contributed by atoms with van der Waals surface area (Å²) in [6, 6.07) is 0. The van der Waals surface area contributed by atoms with Crippen molar-refractivity contribution < 1.29 is 14.9 Å². The first-order valence-corrected chi connectivity index (χ1v) is 13.2. The van der Waals surface area contributed by atoms with Gasteiger partial charge in [-0.2, -0.15) is 0 Å². The largest absolute Gasteiger partial charge is 0.393 e. The van der Waals surface area contributed by atoms with Gasteiger partial charge in [-0.05, 0) is 117 Å². The number of aliphatic hydroxyl groups excluding tert-OH is 2. The third-order valence-electron chi connectivity index (χ3n) is 10.7. The lowest BCUT2D eigenvalue weighted by molar-refractivity contribution is -0.172. The highest BCUT2D eigenvalue weighted by Gasteiger charge is 2.62. The first-order chi connectivity index (χ1) is 14.3. The first kappa shape index (κ1) is 23.1. The molecular formula is C27H48O3.